The number of fused-ring (bicyclic) bond motifs is 2. The molecular weight excluding hydrogens is 326 g/mol. The first-order chi connectivity index (χ1) is 8.91. The summed E-state index contributed by atoms with van der Waals surface area (Å²) in [6.45, 7) is 1.32. The summed E-state index contributed by atoms with van der Waals surface area (Å²) < 4.78 is 26.0. The van der Waals surface area contributed by atoms with E-state index in [1.165, 1.54) is 17.4 Å². The minimum atomic E-state index is -3.03. The molecule has 0 amide bonds. The van der Waals surface area contributed by atoms with E-state index in [1.54, 1.807) is 4.31 Å². The third kappa shape index (κ3) is 2.36. The van der Waals surface area contributed by atoms with E-state index >= 15 is 0 Å². The second-order valence-corrected chi connectivity index (χ2v) is 8.64. The van der Waals surface area contributed by atoms with Gasteiger partial charge in [0.25, 0.3) is 0 Å². The fraction of sp³-hybridized carbons (Fsp3) is 0.571. The summed E-state index contributed by atoms with van der Waals surface area (Å²) in [5.41, 5.74) is 3.10. The molecule has 0 bridgehead atoms. The van der Waals surface area contributed by atoms with Crippen LogP contribution in [0.4, 0.5) is 0 Å². The molecule has 1 aliphatic heterocycles. The molecule has 2 aliphatic rings. The van der Waals surface area contributed by atoms with E-state index in [9.17, 15) is 8.42 Å². The van der Waals surface area contributed by atoms with Crippen molar-refractivity contribution in [3.8, 4) is 0 Å². The molecule has 0 radical (unpaired) electrons. The molecule has 19 heavy (non-hydrogen) atoms. The van der Waals surface area contributed by atoms with Crippen LogP contribution in [0.3, 0.4) is 0 Å². The van der Waals surface area contributed by atoms with Gasteiger partial charge in [-0.2, -0.15) is 0 Å². The molecule has 104 valence electrons. The molecular formula is C14H18BrNO2S. The number of halogens is 1. The standard InChI is InChI=1S/C14H18BrNO2S/c1-19(17,18)16-8-6-14(7-9-16)5-4-11-10-12(15)2-3-13(11)14/h2-3,10H,4-9H2,1H3. The lowest BCUT2D eigenvalue weighted by Gasteiger charge is -2.39. The predicted molar refractivity (Wildman–Crippen MR) is 79.8 cm³/mol. The normalized spacial score (nSPS) is 22.6. The molecule has 1 saturated heterocycles. The summed E-state index contributed by atoms with van der Waals surface area (Å²) in [7, 11) is -3.03. The molecule has 1 aromatic carbocycles. The fourth-order valence-corrected chi connectivity index (χ4v) is 4.81. The molecule has 0 unspecified atom stereocenters. The quantitative estimate of drug-likeness (QED) is 0.786. The van der Waals surface area contributed by atoms with Gasteiger partial charge in [0.2, 0.25) is 10.0 Å². The summed E-state index contributed by atoms with van der Waals surface area (Å²) in [5, 5.41) is 0. The Morgan fingerprint density at radius 2 is 1.89 bits per heavy atom. The van der Waals surface area contributed by atoms with Crippen molar-refractivity contribution in [3.63, 3.8) is 0 Å². The largest absolute Gasteiger partial charge is 0.213 e. The van der Waals surface area contributed by atoms with Crippen molar-refractivity contribution in [2.24, 2.45) is 0 Å². The fourth-order valence-electron chi connectivity index (χ4n) is 3.56. The average Bonchev–Trinajstić information content (AvgIpc) is 2.67. The average molecular weight is 344 g/mol. The van der Waals surface area contributed by atoms with Gasteiger partial charge in [-0.25, -0.2) is 12.7 Å². The van der Waals surface area contributed by atoms with Gasteiger partial charge in [0.1, 0.15) is 0 Å². The number of aryl methyl sites for hydroxylation is 1. The van der Waals surface area contributed by atoms with Crippen LogP contribution in [-0.2, 0) is 21.9 Å². The van der Waals surface area contributed by atoms with Gasteiger partial charge in [0.05, 0.1) is 6.26 Å². The monoisotopic (exact) mass is 343 g/mol. The van der Waals surface area contributed by atoms with Crippen LogP contribution in [0.2, 0.25) is 0 Å². The molecule has 0 saturated carbocycles. The third-order valence-corrected chi connectivity index (χ3v) is 6.46. The molecule has 3 nitrogen and oxygen atoms in total. The second kappa shape index (κ2) is 4.57. The summed E-state index contributed by atoms with van der Waals surface area (Å²) in [6, 6.07) is 6.55. The zero-order valence-electron chi connectivity index (χ0n) is 11.0. The molecule has 1 aromatic rings. The first kappa shape index (κ1) is 13.6. The maximum atomic E-state index is 11.6. The van der Waals surface area contributed by atoms with Crippen molar-refractivity contribution in [3.05, 3.63) is 33.8 Å². The van der Waals surface area contributed by atoms with E-state index < -0.39 is 10.0 Å². The number of benzene rings is 1. The molecule has 3 rings (SSSR count). The van der Waals surface area contributed by atoms with Crippen LogP contribution < -0.4 is 0 Å². The van der Waals surface area contributed by atoms with Crippen LogP contribution in [0.1, 0.15) is 30.4 Å². The molecule has 1 aliphatic carbocycles. The highest BCUT2D eigenvalue weighted by molar-refractivity contribution is 9.10. The minimum Gasteiger partial charge on any atom is -0.213 e. The topological polar surface area (TPSA) is 37.4 Å². The Hall–Kier alpha value is -0.390. The Balaban J connectivity index is 1.86. The number of rotatable bonds is 1. The van der Waals surface area contributed by atoms with Gasteiger partial charge in [0.15, 0.2) is 0 Å². The van der Waals surface area contributed by atoms with Crippen molar-refractivity contribution >= 4 is 26.0 Å². The predicted octanol–water partition coefficient (Wildman–Crippen LogP) is 2.69. The van der Waals surface area contributed by atoms with Gasteiger partial charge in [-0.3, -0.25) is 0 Å². The minimum absolute atomic E-state index is 0.219. The van der Waals surface area contributed by atoms with Gasteiger partial charge in [-0.15, -0.1) is 0 Å². The third-order valence-electron chi connectivity index (χ3n) is 4.66. The first-order valence-electron chi connectivity index (χ1n) is 6.65. The molecule has 0 N–H and O–H groups in total. The van der Waals surface area contributed by atoms with Crippen molar-refractivity contribution in [2.75, 3.05) is 19.3 Å². The van der Waals surface area contributed by atoms with Gasteiger partial charge in [-0.05, 0) is 54.4 Å². The first-order valence-corrected chi connectivity index (χ1v) is 9.29. The molecule has 0 atom stereocenters. The van der Waals surface area contributed by atoms with Gasteiger partial charge in [0, 0.05) is 17.6 Å². The van der Waals surface area contributed by atoms with E-state index in [2.05, 4.69) is 34.1 Å². The SMILES string of the molecule is CS(=O)(=O)N1CCC2(CCc3cc(Br)ccc32)CC1. The van der Waals surface area contributed by atoms with Crippen LogP contribution in [0.15, 0.2) is 22.7 Å². The zero-order valence-corrected chi connectivity index (χ0v) is 13.4. The van der Waals surface area contributed by atoms with E-state index in [1.807, 2.05) is 0 Å². The van der Waals surface area contributed by atoms with Crippen molar-refractivity contribution < 1.29 is 8.42 Å². The van der Waals surface area contributed by atoms with E-state index in [-0.39, 0.29) is 5.41 Å². The molecule has 0 aromatic heterocycles. The van der Waals surface area contributed by atoms with Crippen molar-refractivity contribution in [2.45, 2.75) is 31.1 Å². The number of hydrogen-bond donors (Lipinski definition) is 0. The maximum Gasteiger partial charge on any atom is 0.211 e. The zero-order chi connectivity index (χ0) is 13.7. The number of piperidine rings is 1. The Morgan fingerprint density at radius 3 is 2.53 bits per heavy atom. The number of hydrogen-bond acceptors (Lipinski definition) is 2. The number of nitrogens with zero attached hydrogens (tertiary/aromatic N) is 1. The Morgan fingerprint density at radius 1 is 1.21 bits per heavy atom. The maximum absolute atomic E-state index is 11.6. The van der Waals surface area contributed by atoms with E-state index in [4.69, 9.17) is 0 Å². The summed E-state index contributed by atoms with van der Waals surface area (Å²) >= 11 is 3.53. The van der Waals surface area contributed by atoms with Crippen molar-refractivity contribution in [1.82, 2.24) is 4.31 Å². The van der Waals surface area contributed by atoms with Crippen LogP contribution in [0, 0.1) is 0 Å². The summed E-state index contributed by atoms with van der Waals surface area (Å²) in [4.78, 5) is 0. The van der Waals surface area contributed by atoms with Gasteiger partial charge in [-0.1, -0.05) is 22.0 Å². The van der Waals surface area contributed by atoms with E-state index in [0.717, 1.165) is 30.2 Å². The lowest BCUT2D eigenvalue weighted by molar-refractivity contribution is 0.233. The van der Waals surface area contributed by atoms with Gasteiger partial charge >= 0.3 is 0 Å². The molecule has 1 heterocycles. The number of sulfonamides is 1. The van der Waals surface area contributed by atoms with E-state index in [0.29, 0.717) is 13.1 Å². The molecule has 1 fully saturated rings. The highest BCUT2D eigenvalue weighted by atomic mass is 79.9. The van der Waals surface area contributed by atoms with Crippen molar-refractivity contribution in [1.29, 1.82) is 0 Å². The summed E-state index contributed by atoms with van der Waals surface area (Å²) in [5.74, 6) is 0. The van der Waals surface area contributed by atoms with Crippen LogP contribution in [0.5, 0.6) is 0 Å². The Kier molecular flexibility index (Phi) is 3.27. The van der Waals surface area contributed by atoms with Crippen LogP contribution >= 0.6 is 15.9 Å². The Labute approximate surface area is 123 Å². The van der Waals surface area contributed by atoms with Gasteiger partial charge < -0.3 is 0 Å². The molecule has 5 heteroatoms. The Bertz CT molecular complexity index is 604. The smallest absolute Gasteiger partial charge is 0.211 e. The summed E-state index contributed by atoms with van der Waals surface area (Å²) in [6.07, 6.45) is 5.50. The van der Waals surface area contributed by atoms with Crippen LogP contribution in [-0.4, -0.2) is 32.1 Å². The second-order valence-electron chi connectivity index (χ2n) is 5.74. The highest BCUT2D eigenvalue weighted by Gasteiger charge is 2.42. The van der Waals surface area contributed by atoms with Crippen LogP contribution in [0.25, 0.3) is 0 Å². The lowest BCUT2D eigenvalue weighted by Crippen LogP contribution is -2.43. The lowest BCUT2D eigenvalue weighted by atomic mass is 9.74. The molecule has 1 spiro atoms. The highest BCUT2D eigenvalue weighted by Crippen LogP contribution is 2.47.